The lowest BCUT2D eigenvalue weighted by atomic mass is 9.81. The Labute approximate surface area is 262 Å². The highest BCUT2D eigenvalue weighted by molar-refractivity contribution is 6.88. The third-order valence-electron chi connectivity index (χ3n) is 8.39. The molecule has 6 aromatic rings. The second-order valence-electron chi connectivity index (χ2n) is 12.6. The van der Waals surface area contributed by atoms with E-state index < -0.39 is 26.2 Å². The van der Waals surface area contributed by atoms with Crippen LogP contribution in [0.15, 0.2) is 121 Å². The maximum atomic E-state index is 8.58. The van der Waals surface area contributed by atoms with Crippen LogP contribution in [0.1, 0.15) is 31.8 Å². The third kappa shape index (κ3) is 4.92. The fourth-order valence-electron chi connectivity index (χ4n) is 5.92. The molecule has 0 saturated carbocycles. The predicted octanol–water partition coefficient (Wildman–Crippen LogP) is 9.39. The Morgan fingerprint density at radius 1 is 0.535 bits per heavy atom. The zero-order valence-corrected chi connectivity index (χ0v) is 26.0. The molecule has 0 fully saturated rings. The maximum absolute atomic E-state index is 8.58. The monoisotopic (exact) mass is 578 g/mol. The Balaban J connectivity index is 1.35. The van der Waals surface area contributed by atoms with Gasteiger partial charge in [0.25, 0.3) is 0 Å². The van der Waals surface area contributed by atoms with Gasteiger partial charge in [-0.2, -0.15) is 0 Å². The molecule has 0 amide bonds. The van der Waals surface area contributed by atoms with Crippen LogP contribution >= 0.6 is 0 Å². The zero-order valence-electron chi connectivity index (χ0n) is 30.0. The van der Waals surface area contributed by atoms with Crippen LogP contribution in [-0.2, 0) is 5.41 Å². The van der Waals surface area contributed by atoms with Crippen LogP contribution in [0.2, 0.25) is 19.6 Å². The number of aromatic nitrogens is 3. The number of hydrogen-bond acceptors (Lipinski definition) is 3. The minimum atomic E-state index is -1.47. The standard InChI is InChI=1S/C39H35N3Si/c1-39(2)34-24-29(19-21-32(34)33-22-20-31(25-35(33)39)43(3,4)5)28-17-12-18-30(23-28)38-41-36(26-13-8-6-9-14-26)40-37(42-38)27-15-10-7-11-16-27/h6-25H,1-5H3/i6D,8D,9D,13D,14D. The normalized spacial score (nSPS) is 15.0. The SMILES string of the molecule is [2H]c1c([2H])c([2H])c(-c2nc(-c3ccccc3)nc(-c3cccc(-c4ccc5c(c4)C(C)(C)c4cc([Si](C)(C)C)ccc4-5)c3)n2)c([2H])c1[2H]. The molecule has 0 aliphatic heterocycles. The van der Waals surface area contributed by atoms with E-state index in [2.05, 4.69) is 80.9 Å². The summed E-state index contributed by atoms with van der Waals surface area (Å²) in [6.07, 6.45) is 0. The molecule has 4 heteroatoms. The maximum Gasteiger partial charge on any atom is 0.164 e. The van der Waals surface area contributed by atoms with E-state index in [-0.39, 0.29) is 28.9 Å². The van der Waals surface area contributed by atoms with Crippen molar-refractivity contribution in [3.8, 4) is 56.4 Å². The molecule has 0 saturated heterocycles. The van der Waals surface area contributed by atoms with Crippen molar-refractivity contribution >= 4 is 13.3 Å². The first-order valence-corrected chi connectivity index (χ1v) is 18.0. The summed E-state index contributed by atoms with van der Waals surface area (Å²) in [6.45, 7) is 11.8. The largest absolute Gasteiger partial charge is 0.208 e. The van der Waals surface area contributed by atoms with Crippen molar-refractivity contribution in [3.05, 3.63) is 132 Å². The summed E-state index contributed by atoms with van der Waals surface area (Å²) in [5.74, 6) is 0.721. The number of benzene rings is 5. The molecule has 3 nitrogen and oxygen atoms in total. The zero-order chi connectivity index (χ0) is 34.1. The first-order valence-electron chi connectivity index (χ1n) is 17.0. The molecular formula is C39H35N3Si. The molecule has 1 aromatic heterocycles. The van der Waals surface area contributed by atoms with Crippen molar-refractivity contribution < 1.29 is 6.85 Å². The van der Waals surface area contributed by atoms with Crippen LogP contribution in [0.25, 0.3) is 56.4 Å². The molecule has 1 aliphatic carbocycles. The molecular weight excluding hydrogens is 539 g/mol. The van der Waals surface area contributed by atoms with E-state index in [1.165, 1.54) is 27.4 Å². The quantitative estimate of drug-likeness (QED) is 0.191. The van der Waals surface area contributed by atoms with E-state index >= 15 is 0 Å². The van der Waals surface area contributed by atoms with Crippen molar-refractivity contribution in [2.75, 3.05) is 0 Å². The van der Waals surface area contributed by atoms with E-state index in [1.807, 2.05) is 48.5 Å². The van der Waals surface area contributed by atoms with Crippen LogP contribution in [-0.4, -0.2) is 23.0 Å². The highest BCUT2D eigenvalue weighted by Gasteiger charge is 2.36. The van der Waals surface area contributed by atoms with Gasteiger partial charge in [0, 0.05) is 22.1 Å². The van der Waals surface area contributed by atoms with Crippen molar-refractivity contribution in [2.24, 2.45) is 0 Å². The fraction of sp³-hybridized carbons (Fsp3) is 0.154. The molecule has 1 aliphatic rings. The fourth-order valence-corrected chi connectivity index (χ4v) is 7.08. The second-order valence-corrected chi connectivity index (χ2v) is 17.7. The van der Waals surface area contributed by atoms with Crippen LogP contribution in [0.5, 0.6) is 0 Å². The Morgan fingerprint density at radius 2 is 1.09 bits per heavy atom. The number of fused-ring (bicyclic) bond motifs is 3. The average molecular weight is 579 g/mol. The van der Waals surface area contributed by atoms with Crippen LogP contribution in [0, 0.1) is 0 Å². The van der Waals surface area contributed by atoms with Crippen molar-refractivity contribution in [3.63, 3.8) is 0 Å². The minimum Gasteiger partial charge on any atom is -0.208 e. The Morgan fingerprint density at radius 3 is 1.79 bits per heavy atom. The summed E-state index contributed by atoms with van der Waals surface area (Å²) >= 11 is 0. The molecule has 0 bridgehead atoms. The Bertz CT molecular complexity index is 2230. The van der Waals surface area contributed by atoms with Gasteiger partial charge in [0.2, 0.25) is 0 Å². The van der Waals surface area contributed by atoms with E-state index in [9.17, 15) is 0 Å². The molecule has 43 heavy (non-hydrogen) atoms. The molecule has 5 aromatic carbocycles. The van der Waals surface area contributed by atoms with E-state index in [4.69, 9.17) is 16.8 Å². The molecule has 7 rings (SSSR count). The first kappa shape index (κ1) is 21.9. The van der Waals surface area contributed by atoms with Crippen molar-refractivity contribution in [1.29, 1.82) is 0 Å². The summed E-state index contributed by atoms with van der Waals surface area (Å²) in [6, 6.07) is 29.1. The lowest BCUT2D eigenvalue weighted by Gasteiger charge is -2.24. The van der Waals surface area contributed by atoms with E-state index in [1.54, 1.807) is 0 Å². The van der Waals surface area contributed by atoms with Crippen LogP contribution in [0.3, 0.4) is 0 Å². The molecule has 0 unspecified atom stereocenters. The third-order valence-corrected chi connectivity index (χ3v) is 10.4. The molecule has 0 radical (unpaired) electrons. The van der Waals surface area contributed by atoms with E-state index in [0.29, 0.717) is 11.6 Å². The first-order chi connectivity index (χ1) is 22.8. The van der Waals surface area contributed by atoms with Gasteiger partial charge in [-0.25, -0.2) is 15.0 Å². The van der Waals surface area contributed by atoms with Gasteiger partial charge in [-0.05, 0) is 45.5 Å². The van der Waals surface area contributed by atoms with Crippen LogP contribution < -0.4 is 5.19 Å². The Kier molecular flexibility index (Phi) is 5.23. The molecule has 1 heterocycles. The highest BCUT2D eigenvalue weighted by Crippen LogP contribution is 2.49. The molecule has 0 spiro atoms. The number of nitrogens with zero attached hydrogens (tertiary/aromatic N) is 3. The van der Waals surface area contributed by atoms with Gasteiger partial charge >= 0.3 is 0 Å². The topological polar surface area (TPSA) is 38.7 Å². The summed E-state index contributed by atoms with van der Waals surface area (Å²) < 4.78 is 41.7. The molecule has 0 N–H and O–H groups in total. The smallest absolute Gasteiger partial charge is 0.164 e. The highest BCUT2D eigenvalue weighted by atomic mass is 28.3. The van der Waals surface area contributed by atoms with Gasteiger partial charge < -0.3 is 0 Å². The Hall–Kier alpha value is -4.67. The van der Waals surface area contributed by atoms with E-state index in [0.717, 1.165) is 22.3 Å². The average Bonchev–Trinajstić information content (AvgIpc) is 3.31. The number of hydrogen-bond donors (Lipinski definition) is 0. The van der Waals surface area contributed by atoms with Gasteiger partial charge in [0.15, 0.2) is 17.5 Å². The van der Waals surface area contributed by atoms with Gasteiger partial charge in [-0.15, -0.1) is 0 Å². The summed E-state index contributed by atoms with van der Waals surface area (Å²) in [4.78, 5) is 14.2. The van der Waals surface area contributed by atoms with Crippen molar-refractivity contribution in [2.45, 2.75) is 38.9 Å². The van der Waals surface area contributed by atoms with Crippen molar-refractivity contribution in [1.82, 2.24) is 15.0 Å². The lowest BCUT2D eigenvalue weighted by molar-refractivity contribution is 0.661. The van der Waals surface area contributed by atoms with Gasteiger partial charge in [0.05, 0.1) is 14.9 Å². The lowest BCUT2D eigenvalue weighted by Crippen LogP contribution is -2.38. The molecule has 0 atom stereocenters. The minimum absolute atomic E-state index is 0.0241. The molecule has 210 valence electrons. The second kappa shape index (κ2) is 10.2. The van der Waals surface area contributed by atoms with Gasteiger partial charge in [0.1, 0.15) is 0 Å². The summed E-state index contributed by atoms with van der Waals surface area (Å²) in [7, 11) is -1.47. The number of rotatable bonds is 5. The van der Waals surface area contributed by atoms with Gasteiger partial charge in [-0.3, -0.25) is 0 Å². The summed E-state index contributed by atoms with van der Waals surface area (Å²) in [5.41, 5.74) is 8.56. The van der Waals surface area contributed by atoms with Gasteiger partial charge in [-0.1, -0.05) is 148 Å². The summed E-state index contributed by atoms with van der Waals surface area (Å²) in [5, 5.41) is 1.46. The van der Waals surface area contributed by atoms with Crippen LogP contribution in [0.4, 0.5) is 0 Å². The predicted molar refractivity (Wildman–Crippen MR) is 182 cm³/mol.